The van der Waals surface area contributed by atoms with E-state index in [2.05, 4.69) is 5.32 Å². The molecule has 2 aromatic rings. The van der Waals surface area contributed by atoms with Gasteiger partial charge in [0.1, 0.15) is 29.3 Å². The van der Waals surface area contributed by atoms with Gasteiger partial charge >= 0.3 is 6.09 Å². The minimum Gasteiger partial charge on any atom is -0.459 e. The van der Waals surface area contributed by atoms with Crippen LogP contribution < -0.4 is 15.8 Å². The zero-order valence-electron chi connectivity index (χ0n) is 24.8. The molecule has 1 aromatic heterocycles. The van der Waals surface area contributed by atoms with Gasteiger partial charge in [-0.05, 0) is 58.4 Å². The number of imidazole rings is 1. The number of fused-ring (bicyclic) bond motifs is 1. The second kappa shape index (κ2) is 11.7. The smallest absolute Gasteiger partial charge is 0.408 e. The van der Waals surface area contributed by atoms with Crippen LogP contribution >= 0.6 is 11.8 Å². The van der Waals surface area contributed by atoms with Crippen LogP contribution in [0.25, 0.3) is 11.0 Å². The highest BCUT2D eigenvalue weighted by atomic mass is 32.2. The number of thioether (sulfide) groups is 1. The molecule has 0 spiro atoms. The SMILES string of the molecule is CSC(=N)c1cccc2c1nc(O[C@@H]1C[C@@H](C(N)=O)N(C(=O)[C@@H](NC(=O)OC(C)(C)C)C(C)(C)C)C1)n2C(C)C. The summed E-state index contributed by atoms with van der Waals surface area (Å²) in [5.74, 6) is -1.10. The molecule has 4 N–H and O–H groups in total. The molecular formula is C28H42N6O5S. The molecule has 3 rings (SSSR count). The van der Waals surface area contributed by atoms with Gasteiger partial charge < -0.3 is 25.4 Å². The molecule has 3 atom stereocenters. The zero-order chi connectivity index (χ0) is 30.2. The fraction of sp³-hybridized carbons (Fsp3) is 0.607. The molecule has 40 heavy (non-hydrogen) atoms. The molecule has 0 radical (unpaired) electrons. The lowest BCUT2D eigenvalue weighted by atomic mass is 9.85. The van der Waals surface area contributed by atoms with Crippen LogP contribution in [0, 0.1) is 10.8 Å². The van der Waals surface area contributed by atoms with Crippen LogP contribution in [0.2, 0.25) is 0 Å². The van der Waals surface area contributed by atoms with Gasteiger partial charge in [-0.3, -0.25) is 19.6 Å². The number of hydrogen-bond acceptors (Lipinski definition) is 8. The van der Waals surface area contributed by atoms with E-state index in [1.807, 2.05) is 63.6 Å². The van der Waals surface area contributed by atoms with E-state index in [4.69, 9.17) is 25.6 Å². The Morgan fingerprint density at radius 3 is 2.35 bits per heavy atom. The largest absolute Gasteiger partial charge is 0.459 e. The van der Waals surface area contributed by atoms with Crippen molar-refractivity contribution < 1.29 is 23.9 Å². The number of hydrogen-bond donors (Lipinski definition) is 3. The molecule has 0 unspecified atom stereocenters. The third kappa shape index (κ3) is 6.89. The maximum atomic E-state index is 13.8. The van der Waals surface area contributed by atoms with E-state index in [0.717, 1.165) is 5.52 Å². The van der Waals surface area contributed by atoms with Crippen molar-refractivity contribution in [1.82, 2.24) is 19.8 Å². The minimum atomic E-state index is -0.969. The standard InChI is InChI=1S/C28H42N6O5S/c1-15(2)34-18-12-10-11-17(23(30)40-9)20(18)31-25(34)38-16-13-19(22(29)35)33(14-16)24(36)21(27(3,4)5)32-26(37)39-28(6,7)8/h10-12,15-16,19,21,30H,13-14H2,1-9H3,(H2,29,35)(H,32,37)/t16-,19+,21-/m1/s1. The van der Waals surface area contributed by atoms with Crippen molar-refractivity contribution in [1.29, 1.82) is 5.41 Å². The summed E-state index contributed by atoms with van der Waals surface area (Å²) in [6.07, 6.45) is 0.732. The van der Waals surface area contributed by atoms with Crippen molar-refractivity contribution in [2.24, 2.45) is 11.1 Å². The summed E-state index contributed by atoms with van der Waals surface area (Å²) in [7, 11) is 0. The summed E-state index contributed by atoms with van der Waals surface area (Å²) in [5.41, 5.74) is 6.49. The Kier molecular flexibility index (Phi) is 9.12. The summed E-state index contributed by atoms with van der Waals surface area (Å²) in [5, 5.41) is 11.4. The van der Waals surface area contributed by atoms with E-state index < -0.39 is 47.1 Å². The number of nitrogens with one attached hydrogen (secondary N) is 2. The molecule has 11 nitrogen and oxygen atoms in total. The van der Waals surface area contributed by atoms with E-state index in [9.17, 15) is 14.4 Å². The fourth-order valence-corrected chi connectivity index (χ4v) is 5.14. The van der Waals surface area contributed by atoms with Gasteiger partial charge in [0, 0.05) is 18.0 Å². The second-order valence-corrected chi connectivity index (χ2v) is 13.2. The molecule has 0 saturated carbocycles. The highest BCUT2D eigenvalue weighted by Gasteiger charge is 2.45. The summed E-state index contributed by atoms with van der Waals surface area (Å²) in [4.78, 5) is 45.0. The summed E-state index contributed by atoms with van der Waals surface area (Å²) in [6.45, 7) is 14.8. The minimum absolute atomic E-state index is 0.00640. The number of rotatable bonds is 7. The van der Waals surface area contributed by atoms with Crippen LogP contribution in [0.1, 0.15) is 73.4 Å². The maximum Gasteiger partial charge on any atom is 0.408 e. The van der Waals surface area contributed by atoms with E-state index >= 15 is 0 Å². The van der Waals surface area contributed by atoms with Gasteiger partial charge in [-0.2, -0.15) is 4.98 Å². The van der Waals surface area contributed by atoms with Gasteiger partial charge in [-0.25, -0.2) is 4.79 Å². The molecule has 220 valence electrons. The fourth-order valence-electron chi connectivity index (χ4n) is 4.76. The van der Waals surface area contributed by atoms with Crippen molar-refractivity contribution >= 4 is 45.7 Å². The topological polar surface area (TPSA) is 153 Å². The first-order valence-electron chi connectivity index (χ1n) is 13.3. The van der Waals surface area contributed by atoms with E-state index in [-0.39, 0.29) is 19.0 Å². The lowest BCUT2D eigenvalue weighted by Crippen LogP contribution is -2.58. The molecule has 1 fully saturated rings. The van der Waals surface area contributed by atoms with Gasteiger partial charge in [0.15, 0.2) is 0 Å². The number of para-hydroxylation sites is 1. The van der Waals surface area contributed by atoms with E-state index in [0.29, 0.717) is 22.1 Å². The lowest BCUT2D eigenvalue weighted by molar-refractivity contribution is -0.141. The predicted octanol–water partition coefficient (Wildman–Crippen LogP) is 4.08. The van der Waals surface area contributed by atoms with Crippen LogP contribution in [-0.2, 0) is 14.3 Å². The number of primary amides is 1. The van der Waals surface area contributed by atoms with Crippen molar-refractivity contribution in [3.63, 3.8) is 0 Å². The quantitative estimate of drug-likeness (QED) is 0.333. The average molecular weight is 575 g/mol. The molecule has 1 saturated heterocycles. The molecule has 0 aliphatic carbocycles. The summed E-state index contributed by atoms with van der Waals surface area (Å²) >= 11 is 1.33. The molecule has 1 aromatic carbocycles. The van der Waals surface area contributed by atoms with Crippen molar-refractivity contribution in [2.75, 3.05) is 12.8 Å². The highest BCUT2D eigenvalue weighted by molar-refractivity contribution is 8.13. The van der Waals surface area contributed by atoms with Crippen LogP contribution in [0.3, 0.4) is 0 Å². The number of likely N-dealkylation sites (tertiary alicyclic amines) is 1. The molecule has 1 aliphatic heterocycles. The van der Waals surface area contributed by atoms with Crippen molar-refractivity contribution in [3.05, 3.63) is 23.8 Å². The first-order chi connectivity index (χ1) is 18.4. The van der Waals surface area contributed by atoms with Gasteiger partial charge in [-0.1, -0.05) is 26.8 Å². The Morgan fingerprint density at radius 2 is 1.82 bits per heavy atom. The first kappa shape index (κ1) is 31.3. The van der Waals surface area contributed by atoms with Gasteiger partial charge in [-0.15, -0.1) is 11.8 Å². The highest BCUT2D eigenvalue weighted by Crippen LogP contribution is 2.33. The predicted molar refractivity (Wildman–Crippen MR) is 157 cm³/mol. The van der Waals surface area contributed by atoms with Crippen LogP contribution in [0.4, 0.5) is 4.79 Å². The van der Waals surface area contributed by atoms with Crippen molar-refractivity contribution in [2.45, 2.75) is 91.6 Å². The average Bonchev–Trinajstić information content (AvgIpc) is 3.41. The van der Waals surface area contributed by atoms with Crippen LogP contribution in [-0.4, -0.2) is 74.0 Å². The number of ether oxygens (including phenoxy) is 2. The summed E-state index contributed by atoms with van der Waals surface area (Å²) < 4.78 is 13.7. The Labute approximate surface area is 240 Å². The molecular weight excluding hydrogens is 532 g/mol. The Hall–Kier alpha value is -3.28. The maximum absolute atomic E-state index is 13.8. The molecule has 2 heterocycles. The number of alkyl carbamates (subject to hydrolysis) is 1. The lowest BCUT2D eigenvalue weighted by Gasteiger charge is -2.35. The Bertz CT molecular complexity index is 1290. The normalized spacial score (nSPS) is 18.6. The number of carbonyl (C=O) groups is 3. The Balaban J connectivity index is 1.92. The molecule has 0 bridgehead atoms. The first-order valence-corrected chi connectivity index (χ1v) is 14.6. The zero-order valence-corrected chi connectivity index (χ0v) is 25.6. The van der Waals surface area contributed by atoms with Gasteiger partial charge in [0.05, 0.1) is 17.1 Å². The van der Waals surface area contributed by atoms with Gasteiger partial charge in [0.25, 0.3) is 6.01 Å². The summed E-state index contributed by atoms with van der Waals surface area (Å²) in [6, 6.07) is 4.12. The number of aromatic nitrogens is 2. The molecule has 1 aliphatic rings. The third-order valence-corrected chi connectivity index (χ3v) is 7.20. The number of nitrogens with zero attached hydrogens (tertiary/aromatic N) is 3. The number of benzene rings is 1. The monoisotopic (exact) mass is 574 g/mol. The van der Waals surface area contributed by atoms with Crippen LogP contribution in [0.15, 0.2) is 18.2 Å². The molecule has 12 heteroatoms. The van der Waals surface area contributed by atoms with E-state index in [1.54, 1.807) is 20.8 Å². The third-order valence-electron chi connectivity index (χ3n) is 6.57. The Morgan fingerprint density at radius 1 is 1.18 bits per heavy atom. The second-order valence-electron chi connectivity index (χ2n) is 12.4. The number of nitrogens with two attached hydrogens (primary N) is 1. The number of carbonyl (C=O) groups excluding carboxylic acids is 3. The van der Waals surface area contributed by atoms with Crippen LogP contribution in [0.5, 0.6) is 6.01 Å². The van der Waals surface area contributed by atoms with Crippen molar-refractivity contribution in [3.8, 4) is 6.01 Å². The molecule has 3 amide bonds. The van der Waals surface area contributed by atoms with Gasteiger partial charge in [0.2, 0.25) is 11.8 Å². The van der Waals surface area contributed by atoms with E-state index in [1.165, 1.54) is 16.7 Å². The number of amides is 3.